The molecule has 0 unspecified atom stereocenters. The van der Waals surface area contributed by atoms with Crippen LogP contribution in [0.1, 0.15) is 11.1 Å². The molecular formula is C11H14N2O5S. The SMILES string of the molecule is COC(=O)NS(=O)(=O)N1CCc2ccc(O)cc2C1. The molecule has 1 heterocycles. The van der Waals surface area contributed by atoms with Crippen molar-refractivity contribution < 1.29 is 23.1 Å². The van der Waals surface area contributed by atoms with Crippen LogP contribution in [0, 0.1) is 0 Å². The predicted molar refractivity (Wildman–Crippen MR) is 66.7 cm³/mol. The number of rotatable bonds is 2. The lowest BCUT2D eigenvalue weighted by atomic mass is 10.0. The quantitative estimate of drug-likeness (QED) is 0.818. The highest BCUT2D eigenvalue weighted by atomic mass is 32.2. The highest BCUT2D eigenvalue weighted by Crippen LogP contribution is 2.24. The molecule has 8 heteroatoms. The molecule has 0 fully saturated rings. The molecule has 1 aromatic carbocycles. The van der Waals surface area contributed by atoms with Crippen molar-refractivity contribution in [3.63, 3.8) is 0 Å². The molecule has 0 saturated carbocycles. The zero-order valence-electron chi connectivity index (χ0n) is 10.3. The van der Waals surface area contributed by atoms with Crippen LogP contribution in [-0.2, 0) is 27.9 Å². The molecule has 0 radical (unpaired) electrons. The minimum absolute atomic E-state index is 0.0823. The number of benzene rings is 1. The monoisotopic (exact) mass is 286 g/mol. The number of hydrogen-bond acceptors (Lipinski definition) is 5. The molecule has 104 valence electrons. The topological polar surface area (TPSA) is 95.9 Å². The maximum absolute atomic E-state index is 11.9. The van der Waals surface area contributed by atoms with E-state index in [0.717, 1.165) is 22.5 Å². The van der Waals surface area contributed by atoms with Crippen LogP contribution in [-0.4, -0.2) is 37.6 Å². The van der Waals surface area contributed by atoms with Crippen LogP contribution >= 0.6 is 0 Å². The Hall–Kier alpha value is -1.80. The van der Waals surface area contributed by atoms with Gasteiger partial charge in [0.25, 0.3) is 0 Å². The fourth-order valence-corrected chi connectivity index (χ4v) is 3.00. The van der Waals surface area contributed by atoms with E-state index in [4.69, 9.17) is 0 Å². The summed E-state index contributed by atoms with van der Waals surface area (Å²) in [5.74, 6) is 0.0823. The van der Waals surface area contributed by atoms with Crippen LogP contribution in [0.5, 0.6) is 5.75 Å². The van der Waals surface area contributed by atoms with Gasteiger partial charge in [0.05, 0.1) is 7.11 Å². The Bertz CT molecular complexity index is 599. The maximum atomic E-state index is 11.9. The molecule has 1 aromatic rings. The van der Waals surface area contributed by atoms with Gasteiger partial charge in [-0.3, -0.25) is 0 Å². The lowest BCUT2D eigenvalue weighted by molar-refractivity contribution is 0.176. The third-order valence-corrected chi connectivity index (χ3v) is 4.32. The van der Waals surface area contributed by atoms with Crippen molar-refractivity contribution in [2.24, 2.45) is 0 Å². The Balaban J connectivity index is 2.19. The first-order valence-corrected chi connectivity index (χ1v) is 7.03. The van der Waals surface area contributed by atoms with E-state index in [2.05, 4.69) is 4.74 Å². The Morgan fingerprint density at radius 1 is 1.42 bits per heavy atom. The summed E-state index contributed by atoms with van der Waals surface area (Å²) in [5.41, 5.74) is 1.71. The van der Waals surface area contributed by atoms with Crippen LogP contribution in [0.15, 0.2) is 18.2 Å². The normalized spacial score (nSPS) is 15.6. The van der Waals surface area contributed by atoms with E-state index < -0.39 is 16.3 Å². The number of phenolic OH excluding ortho intramolecular Hbond substituents is 1. The van der Waals surface area contributed by atoms with Gasteiger partial charge in [-0.1, -0.05) is 6.07 Å². The molecule has 0 aliphatic carbocycles. The van der Waals surface area contributed by atoms with Gasteiger partial charge in [-0.2, -0.15) is 12.7 Å². The number of hydrogen-bond donors (Lipinski definition) is 2. The molecule has 19 heavy (non-hydrogen) atoms. The lowest BCUT2D eigenvalue weighted by Crippen LogP contribution is -2.45. The first-order chi connectivity index (χ1) is 8.92. The van der Waals surface area contributed by atoms with E-state index in [1.165, 1.54) is 6.07 Å². The van der Waals surface area contributed by atoms with Gasteiger partial charge in [-0.15, -0.1) is 0 Å². The second kappa shape index (κ2) is 5.06. The lowest BCUT2D eigenvalue weighted by Gasteiger charge is -2.27. The molecule has 0 atom stereocenters. The molecule has 1 aliphatic rings. The molecular weight excluding hydrogens is 272 g/mol. The molecule has 1 aliphatic heterocycles. The molecule has 1 amide bonds. The van der Waals surface area contributed by atoms with E-state index >= 15 is 0 Å². The van der Waals surface area contributed by atoms with Gasteiger partial charge in [0.1, 0.15) is 5.75 Å². The van der Waals surface area contributed by atoms with Crippen molar-refractivity contribution >= 4 is 16.3 Å². The van der Waals surface area contributed by atoms with Crippen LogP contribution < -0.4 is 4.72 Å². The summed E-state index contributed by atoms with van der Waals surface area (Å²) >= 11 is 0. The zero-order chi connectivity index (χ0) is 14.0. The summed E-state index contributed by atoms with van der Waals surface area (Å²) in [6.07, 6.45) is -0.501. The first-order valence-electron chi connectivity index (χ1n) is 5.59. The summed E-state index contributed by atoms with van der Waals surface area (Å²) in [5, 5.41) is 9.40. The molecule has 2 rings (SSSR count). The Labute approximate surface area is 111 Å². The summed E-state index contributed by atoms with van der Waals surface area (Å²) < 4.78 is 31.0. The van der Waals surface area contributed by atoms with Crippen molar-refractivity contribution in [2.45, 2.75) is 13.0 Å². The van der Waals surface area contributed by atoms with Crippen molar-refractivity contribution in [1.29, 1.82) is 0 Å². The van der Waals surface area contributed by atoms with Crippen LogP contribution in [0.25, 0.3) is 0 Å². The number of aromatic hydroxyl groups is 1. The minimum atomic E-state index is -3.92. The van der Waals surface area contributed by atoms with Gasteiger partial charge in [0, 0.05) is 13.1 Å². The van der Waals surface area contributed by atoms with Crippen molar-refractivity contribution in [2.75, 3.05) is 13.7 Å². The molecule has 0 aromatic heterocycles. The number of ether oxygens (including phenoxy) is 1. The molecule has 0 saturated heterocycles. The molecule has 2 N–H and O–H groups in total. The predicted octanol–water partition coefficient (Wildman–Crippen LogP) is 0.351. The number of methoxy groups -OCH3 is 1. The van der Waals surface area contributed by atoms with E-state index in [1.807, 2.05) is 0 Å². The number of amides is 1. The number of nitrogens with one attached hydrogen (secondary N) is 1. The van der Waals surface area contributed by atoms with E-state index in [-0.39, 0.29) is 18.8 Å². The van der Waals surface area contributed by atoms with Crippen molar-refractivity contribution in [3.05, 3.63) is 29.3 Å². The Morgan fingerprint density at radius 2 is 2.16 bits per heavy atom. The van der Waals surface area contributed by atoms with Crippen molar-refractivity contribution in [1.82, 2.24) is 9.03 Å². The minimum Gasteiger partial charge on any atom is -0.508 e. The Kier molecular flexibility index (Phi) is 3.63. The average molecular weight is 286 g/mol. The fraction of sp³-hybridized carbons (Fsp3) is 0.364. The van der Waals surface area contributed by atoms with E-state index in [1.54, 1.807) is 16.9 Å². The maximum Gasteiger partial charge on any atom is 0.421 e. The Morgan fingerprint density at radius 3 is 2.84 bits per heavy atom. The second-order valence-corrected chi connectivity index (χ2v) is 5.81. The molecule has 0 bridgehead atoms. The highest BCUT2D eigenvalue weighted by molar-refractivity contribution is 7.87. The van der Waals surface area contributed by atoms with Gasteiger partial charge in [-0.25, -0.2) is 9.52 Å². The number of fused-ring (bicyclic) bond motifs is 1. The zero-order valence-corrected chi connectivity index (χ0v) is 11.1. The van der Waals surface area contributed by atoms with E-state index in [9.17, 15) is 18.3 Å². The summed E-state index contributed by atoms with van der Waals surface area (Å²) in [7, 11) is -2.83. The number of phenols is 1. The van der Waals surface area contributed by atoms with Gasteiger partial charge in [0.2, 0.25) is 0 Å². The first kappa shape index (κ1) is 13.6. The second-order valence-electron chi connectivity index (χ2n) is 4.14. The highest BCUT2D eigenvalue weighted by Gasteiger charge is 2.28. The van der Waals surface area contributed by atoms with Crippen LogP contribution in [0.2, 0.25) is 0 Å². The summed E-state index contributed by atoms with van der Waals surface area (Å²) in [4.78, 5) is 11.0. The van der Waals surface area contributed by atoms with Crippen molar-refractivity contribution in [3.8, 4) is 5.75 Å². The largest absolute Gasteiger partial charge is 0.508 e. The third-order valence-electron chi connectivity index (χ3n) is 2.90. The van der Waals surface area contributed by atoms with Gasteiger partial charge >= 0.3 is 16.3 Å². The summed E-state index contributed by atoms with van der Waals surface area (Å²) in [6.45, 7) is 0.375. The number of carbonyl (C=O) groups excluding carboxylic acids is 1. The van der Waals surface area contributed by atoms with Gasteiger partial charge < -0.3 is 9.84 Å². The fourth-order valence-electron chi connectivity index (χ4n) is 1.93. The standard InChI is InChI=1S/C11H14N2O5S/c1-18-11(15)12-19(16,17)13-5-4-8-2-3-10(14)6-9(8)7-13/h2-3,6,14H,4-5,7H2,1H3,(H,12,15). The number of nitrogens with zero attached hydrogens (tertiary/aromatic N) is 1. The van der Waals surface area contributed by atoms with Gasteiger partial charge in [0.15, 0.2) is 0 Å². The van der Waals surface area contributed by atoms with E-state index in [0.29, 0.717) is 6.42 Å². The van der Waals surface area contributed by atoms with Crippen LogP contribution in [0.3, 0.4) is 0 Å². The molecule has 7 nitrogen and oxygen atoms in total. The summed E-state index contributed by atoms with van der Waals surface area (Å²) in [6, 6.07) is 4.85. The smallest absolute Gasteiger partial charge is 0.421 e. The third kappa shape index (κ3) is 2.96. The average Bonchev–Trinajstić information content (AvgIpc) is 2.37. The van der Waals surface area contributed by atoms with Gasteiger partial charge in [-0.05, 0) is 29.7 Å². The number of carbonyl (C=O) groups is 1. The van der Waals surface area contributed by atoms with Crippen LogP contribution in [0.4, 0.5) is 4.79 Å². The molecule has 0 spiro atoms.